The van der Waals surface area contributed by atoms with Crippen molar-refractivity contribution in [3.63, 3.8) is 0 Å². The zero-order valence-electron chi connectivity index (χ0n) is 11.7. The van der Waals surface area contributed by atoms with E-state index in [4.69, 9.17) is 5.11 Å². The number of aryl methyl sites for hydroxylation is 3. The van der Waals surface area contributed by atoms with Crippen LogP contribution in [0.1, 0.15) is 34.1 Å². The van der Waals surface area contributed by atoms with Crippen LogP contribution in [0.3, 0.4) is 0 Å². The van der Waals surface area contributed by atoms with Crippen LogP contribution in [0.15, 0.2) is 29.2 Å². The van der Waals surface area contributed by atoms with Gasteiger partial charge in [0.05, 0.1) is 5.69 Å². The van der Waals surface area contributed by atoms with Gasteiger partial charge in [-0.15, -0.1) is 0 Å². The Labute approximate surface area is 116 Å². The monoisotopic (exact) mass is 272 g/mol. The fourth-order valence-electron chi connectivity index (χ4n) is 2.15. The van der Waals surface area contributed by atoms with E-state index in [9.17, 15) is 9.59 Å². The first-order chi connectivity index (χ1) is 9.42. The van der Waals surface area contributed by atoms with Crippen LogP contribution in [0.4, 0.5) is 0 Å². The van der Waals surface area contributed by atoms with Gasteiger partial charge in [0.25, 0.3) is 0 Å². The Morgan fingerprint density at radius 3 is 2.35 bits per heavy atom. The lowest BCUT2D eigenvalue weighted by atomic mass is 10.1. The second kappa shape index (κ2) is 5.28. The molecule has 0 unspecified atom stereocenters. The van der Waals surface area contributed by atoms with Crippen molar-refractivity contribution in [2.45, 2.75) is 27.2 Å². The van der Waals surface area contributed by atoms with Crippen LogP contribution in [-0.4, -0.2) is 20.9 Å². The molecule has 5 heteroatoms. The molecule has 0 fully saturated rings. The Morgan fingerprint density at radius 1 is 1.25 bits per heavy atom. The summed E-state index contributed by atoms with van der Waals surface area (Å²) >= 11 is 0. The standard InChI is InChI=1S/C15H16N2O3/c1-4-11-8-17(16-13(14(11)18)15(19)20)12-6-9(2)5-10(3)7-12/h5-8H,4H2,1-3H3,(H,19,20). The van der Waals surface area contributed by atoms with Gasteiger partial charge in [-0.05, 0) is 43.5 Å². The highest BCUT2D eigenvalue weighted by Crippen LogP contribution is 2.13. The SMILES string of the molecule is CCc1cn(-c2cc(C)cc(C)c2)nc(C(=O)O)c1=O. The molecule has 0 aliphatic carbocycles. The molecule has 0 atom stereocenters. The molecule has 0 saturated carbocycles. The normalized spacial score (nSPS) is 10.6. The molecular weight excluding hydrogens is 256 g/mol. The third-order valence-corrected chi connectivity index (χ3v) is 3.05. The Bertz CT molecular complexity index is 712. The van der Waals surface area contributed by atoms with E-state index < -0.39 is 17.1 Å². The van der Waals surface area contributed by atoms with Crippen molar-refractivity contribution in [2.75, 3.05) is 0 Å². The van der Waals surface area contributed by atoms with E-state index >= 15 is 0 Å². The molecule has 0 aliphatic rings. The maximum atomic E-state index is 11.9. The number of nitrogens with zero attached hydrogens (tertiary/aromatic N) is 2. The number of hydrogen-bond acceptors (Lipinski definition) is 3. The minimum Gasteiger partial charge on any atom is -0.476 e. The number of benzene rings is 1. The molecule has 0 amide bonds. The molecule has 0 spiro atoms. The van der Waals surface area contributed by atoms with Gasteiger partial charge in [0, 0.05) is 11.8 Å². The second-order valence-corrected chi connectivity index (χ2v) is 4.78. The molecule has 1 aromatic carbocycles. The molecule has 2 aromatic rings. The number of carbonyl (C=O) groups is 1. The van der Waals surface area contributed by atoms with Crippen LogP contribution < -0.4 is 5.43 Å². The van der Waals surface area contributed by atoms with E-state index in [1.807, 2.05) is 39.0 Å². The highest BCUT2D eigenvalue weighted by atomic mass is 16.4. The lowest BCUT2D eigenvalue weighted by Gasteiger charge is -2.10. The van der Waals surface area contributed by atoms with Crippen LogP contribution in [0, 0.1) is 13.8 Å². The Balaban J connectivity index is 2.71. The summed E-state index contributed by atoms with van der Waals surface area (Å²) in [6, 6.07) is 5.82. The lowest BCUT2D eigenvalue weighted by Crippen LogP contribution is -2.24. The fraction of sp³-hybridized carbons (Fsp3) is 0.267. The van der Waals surface area contributed by atoms with Crippen LogP contribution in [0.25, 0.3) is 5.69 Å². The minimum atomic E-state index is -1.30. The van der Waals surface area contributed by atoms with E-state index in [2.05, 4.69) is 5.10 Å². The number of rotatable bonds is 3. The van der Waals surface area contributed by atoms with Crippen molar-refractivity contribution < 1.29 is 9.90 Å². The number of carboxylic acids is 1. The van der Waals surface area contributed by atoms with Gasteiger partial charge in [-0.2, -0.15) is 5.10 Å². The predicted octanol–water partition coefficient (Wildman–Crippen LogP) is 2.11. The summed E-state index contributed by atoms with van der Waals surface area (Å²) in [5, 5.41) is 13.0. The van der Waals surface area contributed by atoms with Gasteiger partial charge in [0.2, 0.25) is 11.1 Å². The second-order valence-electron chi connectivity index (χ2n) is 4.78. The van der Waals surface area contributed by atoms with E-state index in [1.54, 1.807) is 6.20 Å². The summed E-state index contributed by atoms with van der Waals surface area (Å²) < 4.78 is 1.46. The summed E-state index contributed by atoms with van der Waals surface area (Å²) in [5.74, 6) is -1.30. The van der Waals surface area contributed by atoms with Gasteiger partial charge in [0.15, 0.2) is 0 Å². The maximum absolute atomic E-state index is 11.9. The summed E-state index contributed by atoms with van der Waals surface area (Å²) in [7, 11) is 0. The summed E-state index contributed by atoms with van der Waals surface area (Å²) in [6.45, 7) is 5.73. The smallest absolute Gasteiger partial charge is 0.360 e. The Kier molecular flexibility index (Phi) is 3.70. The van der Waals surface area contributed by atoms with Gasteiger partial charge in [-0.1, -0.05) is 13.0 Å². The van der Waals surface area contributed by atoms with E-state index in [0.717, 1.165) is 16.8 Å². The number of aromatic nitrogens is 2. The van der Waals surface area contributed by atoms with Crippen LogP contribution >= 0.6 is 0 Å². The van der Waals surface area contributed by atoms with Gasteiger partial charge in [-0.3, -0.25) is 4.79 Å². The van der Waals surface area contributed by atoms with E-state index in [0.29, 0.717) is 12.0 Å². The van der Waals surface area contributed by atoms with Crippen LogP contribution in [0.2, 0.25) is 0 Å². The summed E-state index contributed by atoms with van der Waals surface area (Å²) in [4.78, 5) is 23.0. The van der Waals surface area contributed by atoms with E-state index in [1.165, 1.54) is 4.68 Å². The average molecular weight is 272 g/mol. The number of carboxylic acid groups (broad SMARTS) is 1. The zero-order valence-corrected chi connectivity index (χ0v) is 11.7. The van der Waals surface area contributed by atoms with Gasteiger partial charge in [-0.25, -0.2) is 9.48 Å². The van der Waals surface area contributed by atoms with Crippen molar-refractivity contribution in [3.8, 4) is 5.69 Å². The van der Waals surface area contributed by atoms with E-state index in [-0.39, 0.29) is 0 Å². The molecule has 0 bridgehead atoms. The van der Waals surface area contributed by atoms with Crippen molar-refractivity contribution in [2.24, 2.45) is 0 Å². The molecule has 104 valence electrons. The zero-order chi connectivity index (χ0) is 14.9. The summed E-state index contributed by atoms with van der Waals surface area (Å²) in [5.41, 5.74) is 2.34. The highest BCUT2D eigenvalue weighted by Gasteiger charge is 2.15. The fourth-order valence-corrected chi connectivity index (χ4v) is 2.15. The summed E-state index contributed by atoms with van der Waals surface area (Å²) in [6.07, 6.45) is 2.06. The first-order valence-electron chi connectivity index (χ1n) is 6.37. The molecule has 1 N–H and O–H groups in total. The largest absolute Gasteiger partial charge is 0.476 e. The van der Waals surface area contributed by atoms with Gasteiger partial charge < -0.3 is 5.11 Å². The van der Waals surface area contributed by atoms with Crippen molar-refractivity contribution >= 4 is 5.97 Å². The minimum absolute atomic E-state index is 0.441. The van der Waals surface area contributed by atoms with Crippen molar-refractivity contribution in [1.82, 2.24) is 9.78 Å². The third kappa shape index (κ3) is 2.61. The van der Waals surface area contributed by atoms with Crippen LogP contribution in [0.5, 0.6) is 0 Å². The van der Waals surface area contributed by atoms with Crippen molar-refractivity contribution in [3.05, 3.63) is 57.0 Å². The van der Waals surface area contributed by atoms with Crippen molar-refractivity contribution in [1.29, 1.82) is 0 Å². The quantitative estimate of drug-likeness (QED) is 0.928. The van der Waals surface area contributed by atoms with Gasteiger partial charge in [0.1, 0.15) is 0 Å². The number of aromatic carboxylic acids is 1. The predicted molar refractivity (Wildman–Crippen MR) is 75.6 cm³/mol. The molecule has 2 rings (SSSR count). The highest BCUT2D eigenvalue weighted by molar-refractivity contribution is 5.85. The lowest BCUT2D eigenvalue weighted by molar-refractivity contribution is 0.0686. The maximum Gasteiger partial charge on any atom is 0.360 e. The Morgan fingerprint density at radius 2 is 1.85 bits per heavy atom. The average Bonchev–Trinajstić information content (AvgIpc) is 2.37. The molecule has 1 aromatic heterocycles. The first-order valence-corrected chi connectivity index (χ1v) is 6.37. The molecule has 0 aliphatic heterocycles. The topological polar surface area (TPSA) is 72.2 Å². The van der Waals surface area contributed by atoms with Gasteiger partial charge >= 0.3 is 5.97 Å². The molecule has 20 heavy (non-hydrogen) atoms. The molecule has 1 heterocycles. The van der Waals surface area contributed by atoms with Crippen LogP contribution in [-0.2, 0) is 6.42 Å². The third-order valence-electron chi connectivity index (χ3n) is 3.05. The molecule has 5 nitrogen and oxygen atoms in total. The Hall–Kier alpha value is -2.43. The molecule has 0 saturated heterocycles. The first kappa shape index (κ1) is 14.0. The molecular formula is C15H16N2O3. The number of hydrogen-bond donors (Lipinski definition) is 1. The molecule has 0 radical (unpaired) electrons.